The topological polar surface area (TPSA) is 72.4 Å². The van der Waals surface area contributed by atoms with Gasteiger partial charge in [0.1, 0.15) is 0 Å². The van der Waals surface area contributed by atoms with Crippen molar-refractivity contribution in [3.63, 3.8) is 0 Å². The molecular formula is C15H17N5O2. The zero-order chi connectivity index (χ0) is 14.9. The molecule has 1 atom stereocenters. The number of nitrogens with one attached hydrogen (secondary N) is 1. The van der Waals surface area contributed by atoms with E-state index in [0.717, 1.165) is 43.4 Å². The van der Waals surface area contributed by atoms with Crippen molar-refractivity contribution in [2.45, 2.75) is 6.04 Å². The van der Waals surface area contributed by atoms with Crippen LogP contribution in [0.3, 0.4) is 0 Å². The highest BCUT2D eigenvalue weighted by Gasteiger charge is 2.30. The molecule has 4 rings (SSSR count). The second-order valence-electron chi connectivity index (χ2n) is 5.32. The van der Waals surface area contributed by atoms with Crippen molar-refractivity contribution in [2.24, 2.45) is 0 Å². The number of fused-ring (bicyclic) bond motifs is 3. The second kappa shape index (κ2) is 5.42. The van der Waals surface area contributed by atoms with Gasteiger partial charge in [-0.25, -0.2) is 15.0 Å². The Morgan fingerprint density at radius 2 is 2.36 bits per heavy atom. The Morgan fingerprint density at radius 1 is 1.41 bits per heavy atom. The maximum Gasteiger partial charge on any atom is 0.213 e. The van der Waals surface area contributed by atoms with Crippen LogP contribution < -0.4 is 15.0 Å². The number of nitrogens with zero attached hydrogens (tertiary/aromatic N) is 4. The number of pyridine rings is 1. The van der Waals surface area contributed by atoms with E-state index >= 15 is 0 Å². The van der Waals surface area contributed by atoms with Crippen molar-refractivity contribution < 1.29 is 9.47 Å². The van der Waals surface area contributed by atoms with Crippen molar-refractivity contribution in [2.75, 3.05) is 43.6 Å². The molecule has 2 aliphatic rings. The maximum atomic E-state index is 5.55. The third-order valence-electron chi connectivity index (χ3n) is 4.00. The normalized spacial score (nSPS) is 19.9. The molecule has 0 bridgehead atoms. The van der Waals surface area contributed by atoms with Crippen LogP contribution in [0.15, 0.2) is 24.5 Å². The fourth-order valence-electron chi connectivity index (χ4n) is 2.85. The number of methoxy groups -OCH3 is 1. The smallest absolute Gasteiger partial charge is 0.213 e. The van der Waals surface area contributed by atoms with E-state index in [2.05, 4.69) is 20.2 Å². The summed E-state index contributed by atoms with van der Waals surface area (Å²) in [6.45, 7) is 3.18. The van der Waals surface area contributed by atoms with E-state index in [0.29, 0.717) is 17.7 Å². The van der Waals surface area contributed by atoms with Crippen molar-refractivity contribution in [3.05, 3.63) is 24.5 Å². The molecule has 7 nitrogen and oxygen atoms in total. The number of hydrogen-bond donors (Lipinski definition) is 1. The maximum absolute atomic E-state index is 5.55. The van der Waals surface area contributed by atoms with Gasteiger partial charge >= 0.3 is 0 Å². The van der Waals surface area contributed by atoms with Crippen LogP contribution in [0.2, 0.25) is 0 Å². The summed E-state index contributed by atoms with van der Waals surface area (Å²) >= 11 is 0. The van der Waals surface area contributed by atoms with E-state index in [9.17, 15) is 0 Å². The third-order valence-corrected chi connectivity index (χ3v) is 4.00. The molecule has 4 heterocycles. The largest absolute Gasteiger partial charge is 0.481 e. The second-order valence-corrected chi connectivity index (χ2v) is 5.32. The van der Waals surface area contributed by atoms with E-state index in [1.807, 2.05) is 18.3 Å². The lowest BCUT2D eigenvalue weighted by molar-refractivity contribution is 0.0959. The number of anilines is 2. The molecule has 2 aliphatic heterocycles. The molecule has 7 heteroatoms. The Labute approximate surface area is 128 Å². The van der Waals surface area contributed by atoms with Gasteiger partial charge in [0.15, 0.2) is 11.6 Å². The fourth-order valence-corrected chi connectivity index (χ4v) is 2.85. The first-order chi connectivity index (χ1) is 10.8. The van der Waals surface area contributed by atoms with Crippen LogP contribution in [0.4, 0.5) is 11.5 Å². The van der Waals surface area contributed by atoms with Gasteiger partial charge in [0.2, 0.25) is 5.88 Å². The van der Waals surface area contributed by atoms with E-state index in [1.54, 1.807) is 13.3 Å². The predicted molar refractivity (Wildman–Crippen MR) is 82.3 cm³/mol. The van der Waals surface area contributed by atoms with E-state index in [-0.39, 0.29) is 0 Å². The Kier molecular flexibility index (Phi) is 3.27. The van der Waals surface area contributed by atoms with Crippen LogP contribution >= 0.6 is 0 Å². The molecule has 0 radical (unpaired) electrons. The van der Waals surface area contributed by atoms with E-state index < -0.39 is 0 Å². The Morgan fingerprint density at radius 3 is 3.27 bits per heavy atom. The molecule has 0 aromatic carbocycles. The van der Waals surface area contributed by atoms with Crippen LogP contribution in [0.1, 0.15) is 0 Å². The molecule has 0 amide bonds. The summed E-state index contributed by atoms with van der Waals surface area (Å²) in [7, 11) is 1.60. The van der Waals surface area contributed by atoms with E-state index in [1.165, 1.54) is 0 Å². The lowest BCUT2D eigenvalue weighted by Gasteiger charge is -2.41. The molecule has 1 N–H and O–H groups in total. The van der Waals surface area contributed by atoms with Gasteiger partial charge in [0.25, 0.3) is 0 Å². The highest BCUT2D eigenvalue weighted by molar-refractivity contribution is 5.71. The average molecular weight is 299 g/mol. The van der Waals surface area contributed by atoms with Gasteiger partial charge < -0.3 is 19.7 Å². The highest BCUT2D eigenvalue weighted by Crippen LogP contribution is 2.32. The quantitative estimate of drug-likeness (QED) is 0.892. The van der Waals surface area contributed by atoms with Crippen LogP contribution in [0, 0.1) is 0 Å². The van der Waals surface area contributed by atoms with Gasteiger partial charge in [-0.3, -0.25) is 0 Å². The van der Waals surface area contributed by atoms with Crippen LogP contribution in [-0.2, 0) is 4.74 Å². The Balaban J connectivity index is 1.74. The van der Waals surface area contributed by atoms with Gasteiger partial charge in [-0.1, -0.05) is 0 Å². The molecule has 1 saturated heterocycles. The predicted octanol–water partition coefficient (Wildman–Crippen LogP) is 1.18. The first kappa shape index (κ1) is 13.3. The first-order valence-corrected chi connectivity index (χ1v) is 7.31. The summed E-state index contributed by atoms with van der Waals surface area (Å²) in [4.78, 5) is 15.6. The fraction of sp³-hybridized carbons (Fsp3) is 0.400. The third kappa shape index (κ3) is 2.23. The highest BCUT2D eigenvalue weighted by atomic mass is 16.5. The van der Waals surface area contributed by atoms with Crippen molar-refractivity contribution in [1.82, 2.24) is 15.0 Å². The van der Waals surface area contributed by atoms with Gasteiger partial charge in [0, 0.05) is 30.9 Å². The Hall–Kier alpha value is -2.41. The minimum atomic E-state index is 0.330. The number of ether oxygens (including phenoxy) is 2. The van der Waals surface area contributed by atoms with Crippen LogP contribution in [0.5, 0.6) is 5.88 Å². The number of hydrogen-bond acceptors (Lipinski definition) is 7. The zero-order valence-electron chi connectivity index (χ0n) is 12.3. The molecule has 1 unspecified atom stereocenters. The molecule has 2 aromatic rings. The summed E-state index contributed by atoms with van der Waals surface area (Å²) < 4.78 is 10.7. The molecule has 0 saturated carbocycles. The van der Waals surface area contributed by atoms with Crippen molar-refractivity contribution in [1.29, 1.82) is 0 Å². The standard InChI is InChI=1S/C15H17N5O2/c1-21-13-6-10(2-3-16-13)14-18-8-12-15(19-14)20-4-5-22-9-11(20)7-17-12/h2-3,6,8,11,17H,4-5,7,9H2,1H3. The Bertz CT molecular complexity index is 693. The lowest BCUT2D eigenvalue weighted by Crippen LogP contribution is -2.52. The minimum Gasteiger partial charge on any atom is -0.481 e. The summed E-state index contributed by atoms with van der Waals surface area (Å²) in [6.07, 6.45) is 3.54. The number of aromatic nitrogens is 3. The summed E-state index contributed by atoms with van der Waals surface area (Å²) in [5, 5.41) is 3.38. The minimum absolute atomic E-state index is 0.330. The lowest BCUT2D eigenvalue weighted by atomic mass is 10.1. The molecule has 1 fully saturated rings. The van der Waals surface area contributed by atoms with Gasteiger partial charge in [-0.15, -0.1) is 0 Å². The van der Waals surface area contributed by atoms with Crippen LogP contribution in [0.25, 0.3) is 11.4 Å². The molecule has 2 aromatic heterocycles. The molecule has 0 aliphatic carbocycles. The van der Waals surface area contributed by atoms with Gasteiger partial charge in [-0.2, -0.15) is 0 Å². The van der Waals surface area contributed by atoms with Gasteiger partial charge in [-0.05, 0) is 6.07 Å². The van der Waals surface area contributed by atoms with Crippen LogP contribution in [-0.4, -0.2) is 54.4 Å². The summed E-state index contributed by atoms with van der Waals surface area (Å²) in [6, 6.07) is 4.06. The average Bonchev–Trinajstić information content (AvgIpc) is 2.61. The zero-order valence-corrected chi connectivity index (χ0v) is 12.3. The van der Waals surface area contributed by atoms with Gasteiger partial charge in [0.05, 0.1) is 38.2 Å². The van der Waals surface area contributed by atoms with E-state index in [4.69, 9.17) is 14.5 Å². The molecule has 0 spiro atoms. The number of morpholine rings is 1. The van der Waals surface area contributed by atoms with Crippen molar-refractivity contribution in [3.8, 4) is 17.3 Å². The molecular weight excluding hydrogens is 282 g/mol. The summed E-state index contributed by atoms with van der Waals surface area (Å²) in [5.41, 5.74) is 1.87. The SMILES string of the molecule is COc1cc(-c2ncc3c(n2)N2CCOCC2CN3)ccn1. The monoisotopic (exact) mass is 299 g/mol. The molecule has 114 valence electrons. The molecule has 22 heavy (non-hydrogen) atoms. The summed E-state index contributed by atoms with van der Waals surface area (Å²) in [5.74, 6) is 2.18. The van der Waals surface area contributed by atoms with Crippen molar-refractivity contribution >= 4 is 11.5 Å². The number of rotatable bonds is 2. The first-order valence-electron chi connectivity index (χ1n) is 7.31.